The molecule has 0 saturated heterocycles. The summed E-state index contributed by atoms with van der Waals surface area (Å²) in [5.74, 6) is 0.591. The van der Waals surface area contributed by atoms with Crippen LogP contribution in [-0.2, 0) is 6.54 Å². The number of halogens is 1. The van der Waals surface area contributed by atoms with Crippen LogP contribution in [0.1, 0.15) is 0 Å². The van der Waals surface area contributed by atoms with Crippen molar-refractivity contribution in [3.05, 3.63) is 66.7 Å². The van der Waals surface area contributed by atoms with Crippen LogP contribution in [0.4, 0.5) is 4.39 Å². The van der Waals surface area contributed by atoms with E-state index in [0.717, 1.165) is 35.5 Å². The van der Waals surface area contributed by atoms with E-state index in [-0.39, 0.29) is 5.82 Å². The predicted octanol–water partition coefficient (Wildman–Crippen LogP) is 3.59. The summed E-state index contributed by atoms with van der Waals surface area (Å²) in [7, 11) is 4.11. The first-order valence-electron chi connectivity index (χ1n) is 8.53. The number of hydrogen-bond acceptors (Lipinski definition) is 3. The van der Waals surface area contributed by atoms with Crippen LogP contribution in [0.2, 0.25) is 0 Å². The molecular weight excluding hydrogens is 329 g/mol. The van der Waals surface area contributed by atoms with Gasteiger partial charge in [-0.05, 0) is 44.4 Å². The molecule has 4 rings (SSSR count). The Hall–Kier alpha value is -2.99. The molecule has 0 bridgehead atoms. The molecule has 0 N–H and O–H groups in total. The molecule has 0 fully saturated rings. The van der Waals surface area contributed by atoms with E-state index in [4.69, 9.17) is 4.98 Å². The molecule has 0 amide bonds. The van der Waals surface area contributed by atoms with Gasteiger partial charge in [-0.15, -0.1) is 0 Å². The Bertz CT molecular complexity index is 1050. The number of hydrogen-bond donors (Lipinski definition) is 0. The maximum atomic E-state index is 13.5. The first-order chi connectivity index (χ1) is 12.6. The van der Waals surface area contributed by atoms with E-state index in [0.29, 0.717) is 5.69 Å². The van der Waals surface area contributed by atoms with Crippen molar-refractivity contribution < 1.29 is 4.39 Å². The molecule has 0 aliphatic carbocycles. The quantitative estimate of drug-likeness (QED) is 0.553. The first-order valence-corrected chi connectivity index (χ1v) is 8.53. The van der Waals surface area contributed by atoms with Crippen molar-refractivity contribution in [1.82, 2.24) is 24.2 Å². The van der Waals surface area contributed by atoms with Crippen molar-refractivity contribution in [2.75, 3.05) is 20.6 Å². The highest BCUT2D eigenvalue weighted by Crippen LogP contribution is 2.25. The zero-order valence-electron chi connectivity index (χ0n) is 14.8. The third kappa shape index (κ3) is 3.11. The molecule has 2 heterocycles. The van der Waals surface area contributed by atoms with Crippen molar-refractivity contribution in [1.29, 1.82) is 0 Å². The molecule has 2 aromatic heterocycles. The van der Waals surface area contributed by atoms with Gasteiger partial charge >= 0.3 is 0 Å². The number of para-hydroxylation sites is 2. The van der Waals surface area contributed by atoms with Crippen molar-refractivity contribution >= 4 is 11.0 Å². The molecule has 5 nitrogen and oxygen atoms in total. The van der Waals surface area contributed by atoms with Crippen molar-refractivity contribution in [2.24, 2.45) is 0 Å². The monoisotopic (exact) mass is 349 g/mol. The third-order valence-electron chi connectivity index (χ3n) is 4.34. The van der Waals surface area contributed by atoms with Crippen LogP contribution >= 0.6 is 0 Å². The van der Waals surface area contributed by atoms with E-state index in [1.807, 2.05) is 30.5 Å². The van der Waals surface area contributed by atoms with Crippen LogP contribution in [0, 0.1) is 5.82 Å². The molecule has 0 radical (unpaired) electrons. The van der Waals surface area contributed by atoms with Gasteiger partial charge in [0.05, 0.1) is 28.5 Å². The van der Waals surface area contributed by atoms with Crippen LogP contribution in [0.5, 0.6) is 0 Å². The van der Waals surface area contributed by atoms with Crippen molar-refractivity contribution in [2.45, 2.75) is 6.54 Å². The molecule has 2 aromatic carbocycles. The predicted molar refractivity (Wildman–Crippen MR) is 101 cm³/mol. The molecule has 0 aliphatic rings. The van der Waals surface area contributed by atoms with E-state index in [2.05, 4.69) is 34.7 Å². The van der Waals surface area contributed by atoms with Gasteiger partial charge in [-0.2, -0.15) is 5.10 Å². The zero-order valence-corrected chi connectivity index (χ0v) is 14.8. The summed E-state index contributed by atoms with van der Waals surface area (Å²) in [6, 6.07) is 14.5. The summed E-state index contributed by atoms with van der Waals surface area (Å²) in [5, 5.41) is 4.40. The normalized spacial score (nSPS) is 11.5. The number of likely N-dealkylation sites (N-methyl/N-ethyl adjacent to an activating group) is 1. The largest absolute Gasteiger partial charge is 0.323 e. The van der Waals surface area contributed by atoms with Crippen LogP contribution in [0.3, 0.4) is 0 Å². The van der Waals surface area contributed by atoms with E-state index in [9.17, 15) is 4.39 Å². The summed E-state index contributed by atoms with van der Waals surface area (Å²) in [4.78, 5) is 6.95. The number of aromatic nitrogens is 4. The average molecular weight is 349 g/mol. The number of rotatable bonds is 5. The number of imidazole rings is 1. The van der Waals surface area contributed by atoms with Gasteiger partial charge in [-0.25, -0.2) is 14.1 Å². The lowest BCUT2D eigenvalue weighted by atomic mass is 10.3. The fourth-order valence-electron chi connectivity index (χ4n) is 3.02. The standard InChI is InChI=1S/C20H20FN5/c1-24(2)10-11-25-19-9-4-3-8-18(19)23-20(25)15-13-22-26(14-15)17-7-5-6-16(21)12-17/h3-9,12-14H,10-11H2,1-2H3. The van der Waals surface area contributed by atoms with Gasteiger partial charge in [0, 0.05) is 19.3 Å². The van der Waals surface area contributed by atoms with E-state index in [1.165, 1.54) is 12.1 Å². The topological polar surface area (TPSA) is 38.9 Å². The number of nitrogens with zero attached hydrogens (tertiary/aromatic N) is 5. The zero-order chi connectivity index (χ0) is 18.1. The second-order valence-corrected chi connectivity index (χ2v) is 6.53. The average Bonchev–Trinajstić information content (AvgIpc) is 3.24. The molecule has 26 heavy (non-hydrogen) atoms. The second kappa shape index (κ2) is 6.72. The summed E-state index contributed by atoms with van der Waals surface area (Å²) in [5.41, 5.74) is 3.65. The fraction of sp³-hybridized carbons (Fsp3) is 0.200. The van der Waals surface area contributed by atoms with Gasteiger partial charge in [-0.1, -0.05) is 18.2 Å². The molecule has 0 saturated carbocycles. The molecule has 6 heteroatoms. The highest BCUT2D eigenvalue weighted by molar-refractivity contribution is 5.80. The summed E-state index contributed by atoms with van der Waals surface area (Å²) < 4.78 is 17.4. The molecule has 4 aromatic rings. The SMILES string of the molecule is CN(C)CCn1c(-c2cnn(-c3cccc(F)c3)c2)nc2ccccc21. The molecule has 0 spiro atoms. The van der Waals surface area contributed by atoms with Gasteiger partial charge in [0.1, 0.15) is 11.6 Å². The Balaban J connectivity index is 1.78. The maximum Gasteiger partial charge on any atom is 0.144 e. The Kier molecular flexibility index (Phi) is 4.26. The second-order valence-electron chi connectivity index (χ2n) is 6.53. The minimum Gasteiger partial charge on any atom is -0.323 e. The first kappa shape index (κ1) is 16.5. The van der Waals surface area contributed by atoms with Gasteiger partial charge in [-0.3, -0.25) is 0 Å². The van der Waals surface area contributed by atoms with Gasteiger partial charge < -0.3 is 9.47 Å². The Morgan fingerprint density at radius 1 is 1.08 bits per heavy atom. The lowest BCUT2D eigenvalue weighted by Gasteiger charge is -2.12. The van der Waals surface area contributed by atoms with Gasteiger partial charge in [0.25, 0.3) is 0 Å². The van der Waals surface area contributed by atoms with E-state index >= 15 is 0 Å². The van der Waals surface area contributed by atoms with Crippen LogP contribution in [0.25, 0.3) is 28.1 Å². The van der Waals surface area contributed by atoms with Gasteiger partial charge in [0.2, 0.25) is 0 Å². The Morgan fingerprint density at radius 2 is 1.92 bits per heavy atom. The molecular formula is C20H20FN5. The Morgan fingerprint density at radius 3 is 2.73 bits per heavy atom. The smallest absolute Gasteiger partial charge is 0.144 e. The van der Waals surface area contributed by atoms with Crippen molar-refractivity contribution in [3.63, 3.8) is 0 Å². The minimum absolute atomic E-state index is 0.280. The molecule has 0 unspecified atom stereocenters. The minimum atomic E-state index is -0.280. The highest BCUT2D eigenvalue weighted by atomic mass is 19.1. The lowest BCUT2D eigenvalue weighted by Crippen LogP contribution is -2.18. The lowest BCUT2D eigenvalue weighted by molar-refractivity contribution is 0.387. The summed E-state index contributed by atoms with van der Waals surface area (Å²) >= 11 is 0. The molecule has 0 atom stereocenters. The van der Waals surface area contributed by atoms with Crippen LogP contribution in [0.15, 0.2) is 60.9 Å². The fourth-order valence-corrected chi connectivity index (χ4v) is 3.02. The highest BCUT2D eigenvalue weighted by Gasteiger charge is 2.14. The van der Waals surface area contributed by atoms with Crippen LogP contribution < -0.4 is 0 Å². The maximum absolute atomic E-state index is 13.5. The molecule has 132 valence electrons. The van der Waals surface area contributed by atoms with Crippen molar-refractivity contribution in [3.8, 4) is 17.1 Å². The number of benzene rings is 2. The van der Waals surface area contributed by atoms with E-state index in [1.54, 1.807) is 16.9 Å². The third-order valence-corrected chi connectivity index (χ3v) is 4.34. The molecule has 0 aliphatic heterocycles. The number of fused-ring (bicyclic) bond motifs is 1. The Labute approximate surface area is 151 Å². The summed E-state index contributed by atoms with van der Waals surface area (Å²) in [6.07, 6.45) is 3.67. The van der Waals surface area contributed by atoms with E-state index < -0.39 is 0 Å². The van der Waals surface area contributed by atoms with Crippen LogP contribution in [-0.4, -0.2) is 44.9 Å². The summed E-state index contributed by atoms with van der Waals surface area (Å²) in [6.45, 7) is 1.74. The van der Waals surface area contributed by atoms with Gasteiger partial charge in [0.15, 0.2) is 0 Å².